The van der Waals surface area contributed by atoms with Gasteiger partial charge in [-0.1, -0.05) is 0 Å². The van der Waals surface area contributed by atoms with Crippen LogP contribution in [0.3, 0.4) is 0 Å². The minimum Gasteiger partial charge on any atom is -0.486 e. The summed E-state index contributed by atoms with van der Waals surface area (Å²) in [5.74, 6) is 0.140. The summed E-state index contributed by atoms with van der Waals surface area (Å²) in [6.45, 7) is 1.94. The summed E-state index contributed by atoms with van der Waals surface area (Å²) < 4.78 is 19.4. The quantitative estimate of drug-likeness (QED) is 0.720. The van der Waals surface area contributed by atoms with Crippen molar-refractivity contribution in [1.29, 1.82) is 0 Å². The number of carbonyl (C=O) groups is 1. The molecular formula is C15H18FNO2. The largest absolute Gasteiger partial charge is 0.486 e. The van der Waals surface area contributed by atoms with E-state index in [1.54, 1.807) is 0 Å². The second-order valence-electron chi connectivity index (χ2n) is 5.68. The molecule has 0 radical (unpaired) electrons. The number of halogens is 1. The summed E-state index contributed by atoms with van der Waals surface area (Å²) in [5.41, 5.74) is 0.0902. The second kappa shape index (κ2) is 4.60. The zero-order chi connectivity index (χ0) is 13.5. The molecule has 2 aliphatic rings. The van der Waals surface area contributed by atoms with E-state index in [0.717, 1.165) is 32.4 Å². The molecule has 0 bridgehead atoms. The molecule has 2 aliphatic heterocycles. The van der Waals surface area contributed by atoms with Gasteiger partial charge in [-0.3, -0.25) is 4.79 Å². The fourth-order valence-electron chi connectivity index (χ4n) is 3.05. The van der Waals surface area contributed by atoms with Crippen molar-refractivity contribution < 1.29 is 13.9 Å². The van der Waals surface area contributed by atoms with E-state index in [0.29, 0.717) is 17.7 Å². The number of Topliss-reactive ketones (excluding diaryl/α,β-unsaturated/α-hetero) is 1. The molecular weight excluding hydrogens is 245 g/mol. The van der Waals surface area contributed by atoms with Crippen LogP contribution in [0.15, 0.2) is 18.2 Å². The Morgan fingerprint density at radius 1 is 1.32 bits per heavy atom. The van der Waals surface area contributed by atoms with Crippen molar-refractivity contribution in [1.82, 2.24) is 4.90 Å². The van der Waals surface area contributed by atoms with Gasteiger partial charge in [-0.2, -0.15) is 0 Å². The third-order valence-corrected chi connectivity index (χ3v) is 4.17. The van der Waals surface area contributed by atoms with Crippen molar-refractivity contribution in [2.75, 3.05) is 20.1 Å². The van der Waals surface area contributed by atoms with Crippen LogP contribution in [0.25, 0.3) is 0 Å². The Morgan fingerprint density at radius 2 is 2.16 bits per heavy atom. The van der Waals surface area contributed by atoms with Crippen molar-refractivity contribution in [2.45, 2.75) is 31.3 Å². The van der Waals surface area contributed by atoms with Crippen molar-refractivity contribution >= 4 is 5.78 Å². The molecule has 1 saturated heterocycles. The zero-order valence-electron chi connectivity index (χ0n) is 11.1. The highest BCUT2D eigenvalue weighted by Gasteiger charge is 2.41. The molecule has 1 fully saturated rings. The van der Waals surface area contributed by atoms with Gasteiger partial charge in [-0.25, -0.2) is 4.39 Å². The molecule has 0 N–H and O–H groups in total. The van der Waals surface area contributed by atoms with Gasteiger partial charge in [-0.05, 0) is 38.6 Å². The summed E-state index contributed by atoms with van der Waals surface area (Å²) in [6, 6.07) is 4.18. The SMILES string of the molecule is CN1CCCC2(CC1)CC(=O)c1ccc(F)cc1O2. The number of hydrogen-bond acceptors (Lipinski definition) is 3. The zero-order valence-corrected chi connectivity index (χ0v) is 11.1. The number of rotatable bonds is 0. The van der Waals surface area contributed by atoms with E-state index in [-0.39, 0.29) is 11.6 Å². The fourth-order valence-corrected chi connectivity index (χ4v) is 3.05. The van der Waals surface area contributed by atoms with Gasteiger partial charge in [0.15, 0.2) is 5.78 Å². The number of ether oxygens (including phenoxy) is 1. The normalized spacial score (nSPS) is 27.8. The first-order valence-corrected chi connectivity index (χ1v) is 6.78. The maximum absolute atomic E-state index is 13.3. The van der Waals surface area contributed by atoms with Crippen molar-refractivity contribution in [2.24, 2.45) is 0 Å². The summed E-state index contributed by atoms with van der Waals surface area (Å²) >= 11 is 0. The van der Waals surface area contributed by atoms with Gasteiger partial charge in [0, 0.05) is 19.0 Å². The number of carbonyl (C=O) groups excluding carboxylic acids is 1. The molecule has 0 amide bonds. The molecule has 3 nitrogen and oxygen atoms in total. The number of hydrogen-bond donors (Lipinski definition) is 0. The van der Waals surface area contributed by atoms with Crippen LogP contribution >= 0.6 is 0 Å². The third-order valence-electron chi connectivity index (χ3n) is 4.17. The Balaban J connectivity index is 1.93. The average Bonchev–Trinajstić information content (AvgIpc) is 2.52. The third kappa shape index (κ3) is 2.37. The number of ketones is 1. The van der Waals surface area contributed by atoms with E-state index >= 15 is 0 Å². The summed E-state index contributed by atoms with van der Waals surface area (Å²) in [4.78, 5) is 14.5. The van der Waals surface area contributed by atoms with Gasteiger partial charge in [0.05, 0.1) is 12.0 Å². The standard InChI is InChI=1S/C15H18FNO2/c1-17-7-2-5-15(6-8-17)10-13(18)12-4-3-11(16)9-14(12)19-15/h3-4,9H,2,5-8,10H2,1H3. The van der Waals surface area contributed by atoms with E-state index in [4.69, 9.17) is 4.74 Å². The molecule has 0 saturated carbocycles. The Bertz CT molecular complexity index is 517. The van der Waals surface area contributed by atoms with E-state index in [1.165, 1.54) is 18.2 Å². The lowest BCUT2D eigenvalue weighted by Crippen LogP contribution is -2.42. The van der Waals surface area contributed by atoms with Crippen LogP contribution in [0, 0.1) is 5.82 Å². The van der Waals surface area contributed by atoms with Gasteiger partial charge >= 0.3 is 0 Å². The highest BCUT2D eigenvalue weighted by Crippen LogP contribution is 2.39. The maximum Gasteiger partial charge on any atom is 0.170 e. The number of likely N-dealkylation sites (tertiary alicyclic amines) is 1. The molecule has 1 spiro atoms. The van der Waals surface area contributed by atoms with Gasteiger partial charge in [0.2, 0.25) is 0 Å². The highest BCUT2D eigenvalue weighted by molar-refractivity contribution is 6.00. The fraction of sp³-hybridized carbons (Fsp3) is 0.533. The molecule has 1 aromatic rings. The van der Waals surface area contributed by atoms with Crippen molar-refractivity contribution in [3.63, 3.8) is 0 Å². The van der Waals surface area contributed by atoms with Crippen LogP contribution in [0.2, 0.25) is 0 Å². The maximum atomic E-state index is 13.3. The van der Waals surface area contributed by atoms with Crippen molar-refractivity contribution in [3.05, 3.63) is 29.6 Å². The molecule has 1 atom stereocenters. The van der Waals surface area contributed by atoms with Crippen LogP contribution in [-0.2, 0) is 0 Å². The van der Waals surface area contributed by atoms with E-state index in [1.807, 2.05) is 0 Å². The Kier molecular flexibility index (Phi) is 3.05. The molecule has 1 unspecified atom stereocenters. The molecule has 0 aromatic heterocycles. The second-order valence-corrected chi connectivity index (χ2v) is 5.68. The smallest absolute Gasteiger partial charge is 0.170 e. The minimum absolute atomic E-state index is 0.0748. The van der Waals surface area contributed by atoms with E-state index in [2.05, 4.69) is 11.9 Å². The predicted octanol–water partition coefficient (Wildman–Crippen LogP) is 2.65. The van der Waals surface area contributed by atoms with E-state index < -0.39 is 5.60 Å². The van der Waals surface area contributed by atoms with Gasteiger partial charge in [-0.15, -0.1) is 0 Å². The Labute approximate surface area is 112 Å². The first kappa shape index (κ1) is 12.6. The van der Waals surface area contributed by atoms with Crippen LogP contribution in [0.4, 0.5) is 4.39 Å². The predicted molar refractivity (Wildman–Crippen MR) is 70.1 cm³/mol. The van der Waals surface area contributed by atoms with Crippen LogP contribution in [-0.4, -0.2) is 36.4 Å². The topological polar surface area (TPSA) is 29.5 Å². The van der Waals surface area contributed by atoms with Crippen LogP contribution in [0.1, 0.15) is 36.0 Å². The first-order valence-electron chi connectivity index (χ1n) is 6.78. The summed E-state index contributed by atoms with van der Waals surface area (Å²) in [6.07, 6.45) is 3.11. The number of fused-ring (bicyclic) bond motifs is 1. The molecule has 102 valence electrons. The highest BCUT2D eigenvalue weighted by atomic mass is 19.1. The lowest BCUT2D eigenvalue weighted by atomic mass is 9.84. The Morgan fingerprint density at radius 3 is 3.00 bits per heavy atom. The van der Waals surface area contributed by atoms with Gasteiger partial charge in [0.1, 0.15) is 17.2 Å². The minimum atomic E-state index is -0.428. The van der Waals surface area contributed by atoms with E-state index in [9.17, 15) is 9.18 Å². The van der Waals surface area contributed by atoms with Crippen LogP contribution in [0.5, 0.6) is 5.75 Å². The molecule has 0 aliphatic carbocycles. The molecule has 4 heteroatoms. The summed E-state index contributed by atoms with van der Waals surface area (Å²) in [7, 11) is 2.08. The molecule has 2 heterocycles. The lowest BCUT2D eigenvalue weighted by molar-refractivity contribution is 0.0302. The van der Waals surface area contributed by atoms with Gasteiger partial charge < -0.3 is 9.64 Å². The summed E-state index contributed by atoms with van der Waals surface area (Å²) in [5, 5.41) is 0. The van der Waals surface area contributed by atoms with Crippen molar-refractivity contribution in [3.8, 4) is 5.75 Å². The lowest BCUT2D eigenvalue weighted by Gasteiger charge is -2.37. The first-order chi connectivity index (χ1) is 9.08. The molecule has 1 aromatic carbocycles. The molecule has 19 heavy (non-hydrogen) atoms. The monoisotopic (exact) mass is 263 g/mol. The average molecular weight is 263 g/mol. The molecule has 3 rings (SSSR count). The number of nitrogens with zero attached hydrogens (tertiary/aromatic N) is 1. The number of benzene rings is 1. The van der Waals surface area contributed by atoms with Gasteiger partial charge in [0.25, 0.3) is 0 Å². The Hall–Kier alpha value is -1.42. The van der Waals surface area contributed by atoms with Crippen LogP contribution < -0.4 is 4.74 Å².